The van der Waals surface area contributed by atoms with Crippen LogP contribution in [0.3, 0.4) is 0 Å². The number of halogens is 1. The van der Waals surface area contributed by atoms with Gasteiger partial charge in [-0.15, -0.1) is 0 Å². The Morgan fingerprint density at radius 1 is 1.12 bits per heavy atom. The van der Waals surface area contributed by atoms with Gasteiger partial charge in [-0.3, -0.25) is 4.79 Å². The lowest BCUT2D eigenvalue weighted by atomic mass is 10.0. The number of nitrogens with zero attached hydrogens (tertiary/aromatic N) is 2. The molecule has 4 rings (SSSR count). The van der Waals surface area contributed by atoms with E-state index in [1.807, 2.05) is 46.6 Å². The third-order valence-electron chi connectivity index (χ3n) is 5.19. The molecule has 0 aromatic heterocycles. The van der Waals surface area contributed by atoms with Crippen molar-refractivity contribution < 1.29 is 4.79 Å². The van der Waals surface area contributed by atoms with E-state index in [2.05, 4.69) is 37.5 Å². The molecule has 2 aromatic rings. The van der Waals surface area contributed by atoms with Gasteiger partial charge >= 0.3 is 0 Å². The van der Waals surface area contributed by atoms with Gasteiger partial charge in [0.15, 0.2) is 0 Å². The number of fused-ring (bicyclic) bond motifs is 1. The summed E-state index contributed by atoms with van der Waals surface area (Å²) >= 11 is 5.98. The van der Waals surface area contributed by atoms with Crippen LogP contribution in [-0.2, 0) is 11.3 Å². The topological polar surface area (TPSA) is 35.6 Å². The Hall–Kier alpha value is -2.30. The third-order valence-corrected chi connectivity index (χ3v) is 5.44. The number of hydrogen-bond acceptors (Lipinski definition) is 3. The number of amides is 1. The van der Waals surface area contributed by atoms with Crippen LogP contribution in [0.4, 0.5) is 0 Å². The minimum atomic E-state index is -0.175. The van der Waals surface area contributed by atoms with Crippen molar-refractivity contribution in [1.82, 2.24) is 15.3 Å². The minimum Gasteiger partial charge on any atom is -0.311 e. The smallest absolute Gasteiger partial charge is 0.251 e. The Kier molecular flexibility index (Phi) is 4.47. The van der Waals surface area contributed by atoms with Crippen molar-refractivity contribution in [2.75, 3.05) is 0 Å². The van der Waals surface area contributed by atoms with Crippen LogP contribution in [0, 0.1) is 13.8 Å². The SMILES string of the molecule is Cc1ccc(CN2C=CN3NC(c4ccc(Cl)cc4)CC3C2=O)c(C)c1. The molecule has 0 spiro atoms. The monoisotopic (exact) mass is 367 g/mol. The highest BCUT2D eigenvalue weighted by Gasteiger charge is 2.39. The fourth-order valence-electron chi connectivity index (χ4n) is 3.69. The summed E-state index contributed by atoms with van der Waals surface area (Å²) < 4.78 is 0. The van der Waals surface area contributed by atoms with Gasteiger partial charge in [0.2, 0.25) is 0 Å². The summed E-state index contributed by atoms with van der Waals surface area (Å²) in [5.41, 5.74) is 8.20. The number of aryl methyl sites for hydroxylation is 2. The largest absolute Gasteiger partial charge is 0.311 e. The lowest BCUT2D eigenvalue weighted by Crippen LogP contribution is -2.47. The van der Waals surface area contributed by atoms with Gasteiger partial charge in [0.05, 0.1) is 12.6 Å². The summed E-state index contributed by atoms with van der Waals surface area (Å²) in [6.07, 6.45) is 4.58. The molecule has 1 N–H and O–H groups in total. The fourth-order valence-corrected chi connectivity index (χ4v) is 3.81. The first kappa shape index (κ1) is 17.1. The van der Waals surface area contributed by atoms with E-state index in [1.165, 1.54) is 16.7 Å². The lowest BCUT2D eigenvalue weighted by Gasteiger charge is -2.32. The maximum Gasteiger partial charge on any atom is 0.251 e. The van der Waals surface area contributed by atoms with Crippen LogP contribution in [-0.4, -0.2) is 21.9 Å². The summed E-state index contributed by atoms with van der Waals surface area (Å²) in [6, 6.07) is 14.1. The second kappa shape index (κ2) is 6.78. The lowest BCUT2D eigenvalue weighted by molar-refractivity contribution is -0.134. The number of hydrazine groups is 1. The number of hydrogen-bond donors (Lipinski definition) is 1. The normalized spacial score (nSPS) is 22.0. The number of nitrogens with one attached hydrogen (secondary N) is 1. The molecule has 1 fully saturated rings. The van der Waals surface area contributed by atoms with E-state index < -0.39 is 0 Å². The number of carbonyl (C=O) groups excluding carboxylic acids is 1. The van der Waals surface area contributed by atoms with Crippen LogP contribution in [0.1, 0.15) is 34.7 Å². The van der Waals surface area contributed by atoms with Gasteiger partial charge in [-0.05, 0) is 49.1 Å². The first-order chi connectivity index (χ1) is 12.5. The van der Waals surface area contributed by atoms with Crippen LogP contribution < -0.4 is 5.43 Å². The Bertz CT molecular complexity index is 862. The van der Waals surface area contributed by atoms with E-state index in [9.17, 15) is 4.79 Å². The van der Waals surface area contributed by atoms with Crippen LogP contribution in [0.2, 0.25) is 5.02 Å². The molecule has 5 heteroatoms. The van der Waals surface area contributed by atoms with E-state index in [0.29, 0.717) is 6.54 Å². The van der Waals surface area contributed by atoms with Crippen molar-refractivity contribution >= 4 is 17.5 Å². The minimum absolute atomic E-state index is 0.118. The summed E-state index contributed by atoms with van der Waals surface area (Å²) in [7, 11) is 0. The number of carbonyl (C=O) groups is 1. The first-order valence-corrected chi connectivity index (χ1v) is 9.24. The van der Waals surface area contributed by atoms with E-state index in [4.69, 9.17) is 11.6 Å². The van der Waals surface area contributed by atoms with Gasteiger partial charge in [-0.2, -0.15) is 0 Å². The van der Waals surface area contributed by atoms with E-state index in [1.54, 1.807) is 0 Å². The van der Waals surface area contributed by atoms with E-state index in [0.717, 1.165) is 17.0 Å². The van der Waals surface area contributed by atoms with Crippen LogP contribution in [0.25, 0.3) is 0 Å². The molecular weight excluding hydrogens is 346 g/mol. The molecule has 2 aromatic carbocycles. The zero-order valence-corrected chi connectivity index (χ0v) is 15.7. The van der Waals surface area contributed by atoms with Crippen molar-refractivity contribution in [3.8, 4) is 0 Å². The average Bonchev–Trinajstić information content (AvgIpc) is 3.05. The molecule has 2 aliphatic heterocycles. The number of rotatable bonds is 3. The van der Waals surface area contributed by atoms with Gasteiger partial charge in [-0.1, -0.05) is 47.5 Å². The summed E-state index contributed by atoms with van der Waals surface area (Å²) in [6.45, 7) is 4.79. The van der Waals surface area contributed by atoms with Gasteiger partial charge in [0.1, 0.15) is 6.04 Å². The molecule has 134 valence electrons. The molecule has 2 heterocycles. The molecule has 0 aliphatic carbocycles. The highest BCUT2D eigenvalue weighted by Crippen LogP contribution is 2.31. The predicted molar refractivity (Wildman–Crippen MR) is 103 cm³/mol. The van der Waals surface area contributed by atoms with E-state index >= 15 is 0 Å². The molecule has 1 amide bonds. The van der Waals surface area contributed by atoms with Gasteiger partial charge in [-0.25, -0.2) is 5.43 Å². The van der Waals surface area contributed by atoms with Gasteiger partial charge < -0.3 is 9.91 Å². The number of benzene rings is 2. The molecule has 2 aliphatic rings. The Morgan fingerprint density at radius 3 is 2.62 bits per heavy atom. The zero-order valence-electron chi connectivity index (χ0n) is 14.9. The van der Waals surface area contributed by atoms with Crippen molar-refractivity contribution in [2.24, 2.45) is 0 Å². The van der Waals surface area contributed by atoms with Crippen molar-refractivity contribution in [1.29, 1.82) is 0 Å². The molecule has 0 saturated carbocycles. The first-order valence-electron chi connectivity index (χ1n) is 8.86. The Balaban J connectivity index is 1.49. The highest BCUT2D eigenvalue weighted by atomic mass is 35.5. The summed E-state index contributed by atoms with van der Waals surface area (Å²) in [5.74, 6) is 0.136. The third kappa shape index (κ3) is 3.22. The van der Waals surface area contributed by atoms with Crippen molar-refractivity contribution in [3.63, 3.8) is 0 Å². The maximum absolute atomic E-state index is 13.0. The Labute approximate surface area is 159 Å². The second-order valence-corrected chi connectivity index (χ2v) is 7.52. The van der Waals surface area contributed by atoms with Crippen LogP contribution >= 0.6 is 11.6 Å². The van der Waals surface area contributed by atoms with Gasteiger partial charge in [0, 0.05) is 17.4 Å². The van der Waals surface area contributed by atoms with Gasteiger partial charge in [0.25, 0.3) is 5.91 Å². The molecular formula is C21H22ClN3O. The predicted octanol–water partition coefficient (Wildman–Crippen LogP) is 4.09. The molecule has 0 radical (unpaired) electrons. The average molecular weight is 368 g/mol. The highest BCUT2D eigenvalue weighted by molar-refractivity contribution is 6.30. The molecule has 26 heavy (non-hydrogen) atoms. The maximum atomic E-state index is 13.0. The zero-order chi connectivity index (χ0) is 18.3. The van der Waals surface area contributed by atoms with E-state index in [-0.39, 0.29) is 18.0 Å². The Morgan fingerprint density at radius 2 is 1.88 bits per heavy atom. The molecule has 4 nitrogen and oxygen atoms in total. The van der Waals surface area contributed by atoms with Crippen LogP contribution in [0.15, 0.2) is 54.9 Å². The molecule has 2 atom stereocenters. The van der Waals surface area contributed by atoms with Crippen LogP contribution in [0.5, 0.6) is 0 Å². The molecule has 0 bridgehead atoms. The molecule has 2 unspecified atom stereocenters. The fraction of sp³-hybridized carbons (Fsp3) is 0.286. The quantitative estimate of drug-likeness (QED) is 0.887. The molecule has 1 saturated heterocycles. The standard InChI is InChI=1S/C21H22ClN3O/c1-14-3-4-17(15(2)11-14)13-24-9-10-25-20(21(24)26)12-19(23-25)16-5-7-18(22)8-6-16/h3-11,19-20,23H,12-13H2,1-2H3. The summed E-state index contributed by atoms with van der Waals surface area (Å²) in [4.78, 5) is 14.8. The van der Waals surface area contributed by atoms with Crippen molar-refractivity contribution in [2.45, 2.75) is 38.9 Å². The van der Waals surface area contributed by atoms with Crippen molar-refractivity contribution in [3.05, 3.63) is 82.1 Å². The second-order valence-electron chi connectivity index (χ2n) is 7.09. The summed E-state index contributed by atoms with van der Waals surface area (Å²) in [5, 5.41) is 2.65.